The molecule has 0 saturated heterocycles. The summed E-state index contributed by atoms with van der Waals surface area (Å²) in [5.74, 6) is 0. The Hall–Kier alpha value is -2.01. The third kappa shape index (κ3) is 2.62. The second kappa shape index (κ2) is 4.70. The van der Waals surface area contributed by atoms with Crippen molar-refractivity contribution in [1.29, 1.82) is 0 Å². The zero-order valence-electron chi connectivity index (χ0n) is 9.92. The standard InChI is InChI=1S/C13H14N2O2S/c1-10-7-8-12(9-13(10)14)18(16,17)15-11-5-3-2-4-6-11/h2-9,15H,14H2,1H3. The first kappa shape index (κ1) is 12.4. The third-order valence-corrected chi connectivity index (χ3v) is 3.97. The van der Waals surface area contributed by atoms with Crippen molar-refractivity contribution >= 4 is 21.4 Å². The van der Waals surface area contributed by atoms with Crippen molar-refractivity contribution in [1.82, 2.24) is 0 Å². The highest BCUT2D eigenvalue weighted by Gasteiger charge is 2.14. The van der Waals surface area contributed by atoms with Crippen LogP contribution in [0.5, 0.6) is 0 Å². The van der Waals surface area contributed by atoms with Crippen LogP contribution in [0.4, 0.5) is 11.4 Å². The second-order valence-electron chi connectivity index (χ2n) is 3.99. The Kier molecular flexibility index (Phi) is 3.25. The molecule has 5 heteroatoms. The Bertz CT molecular complexity index is 652. The van der Waals surface area contributed by atoms with Gasteiger partial charge in [0.1, 0.15) is 0 Å². The lowest BCUT2D eigenvalue weighted by Crippen LogP contribution is -2.13. The van der Waals surface area contributed by atoms with Crippen molar-refractivity contribution < 1.29 is 8.42 Å². The van der Waals surface area contributed by atoms with Crippen LogP contribution in [0.2, 0.25) is 0 Å². The maximum Gasteiger partial charge on any atom is 0.261 e. The largest absolute Gasteiger partial charge is 0.398 e. The van der Waals surface area contributed by atoms with Crippen LogP contribution in [-0.4, -0.2) is 8.42 Å². The molecule has 0 aliphatic heterocycles. The molecular weight excluding hydrogens is 248 g/mol. The van der Waals surface area contributed by atoms with E-state index in [9.17, 15) is 8.42 Å². The first-order valence-electron chi connectivity index (χ1n) is 5.43. The molecule has 0 radical (unpaired) electrons. The minimum Gasteiger partial charge on any atom is -0.398 e. The number of nitrogens with two attached hydrogens (primary N) is 1. The van der Waals surface area contributed by atoms with E-state index in [2.05, 4.69) is 4.72 Å². The molecule has 0 fully saturated rings. The number of nitrogen functional groups attached to an aromatic ring is 1. The number of hydrogen-bond acceptors (Lipinski definition) is 3. The monoisotopic (exact) mass is 262 g/mol. The number of anilines is 2. The van der Waals surface area contributed by atoms with Gasteiger partial charge in [0.25, 0.3) is 10.0 Å². The fraction of sp³-hybridized carbons (Fsp3) is 0.0769. The van der Waals surface area contributed by atoms with Gasteiger partial charge in [0, 0.05) is 11.4 Å². The normalized spacial score (nSPS) is 11.2. The van der Waals surface area contributed by atoms with Crippen LogP contribution in [-0.2, 0) is 10.0 Å². The number of benzene rings is 2. The highest BCUT2D eigenvalue weighted by molar-refractivity contribution is 7.92. The van der Waals surface area contributed by atoms with Crippen LogP contribution in [0.15, 0.2) is 53.4 Å². The molecule has 3 N–H and O–H groups in total. The van der Waals surface area contributed by atoms with Gasteiger partial charge in [0.05, 0.1) is 4.90 Å². The van der Waals surface area contributed by atoms with Gasteiger partial charge in [0.2, 0.25) is 0 Å². The summed E-state index contributed by atoms with van der Waals surface area (Å²) in [7, 11) is -3.58. The Labute approximate surface area is 107 Å². The highest BCUT2D eigenvalue weighted by Crippen LogP contribution is 2.20. The van der Waals surface area contributed by atoms with Crippen LogP contribution in [0, 0.1) is 6.92 Å². The third-order valence-electron chi connectivity index (χ3n) is 2.59. The highest BCUT2D eigenvalue weighted by atomic mass is 32.2. The van der Waals surface area contributed by atoms with Crippen molar-refractivity contribution in [2.45, 2.75) is 11.8 Å². The summed E-state index contributed by atoms with van der Waals surface area (Å²) >= 11 is 0. The maximum absolute atomic E-state index is 12.1. The molecule has 2 aromatic rings. The molecule has 0 aliphatic rings. The first-order chi connectivity index (χ1) is 8.49. The predicted molar refractivity (Wildman–Crippen MR) is 72.8 cm³/mol. The van der Waals surface area contributed by atoms with Gasteiger partial charge in [-0.3, -0.25) is 4.72 Å². The summed E-state index contributed by atoms with van der Waals surface area (Å²) in [5.41, 5.74) is 7.56. The average molecular weight is 262 g/mol. The predicted octanol–water partition coefficient (Wildman–Crippen LogP) is 2.38. The molecule has 0 spiro atoms. The van der Waals surface area contributed by atoms with Crippen molar-refractivity contribution in [3.63, 3.8) is 0 Å². The summed E-state index contributed by atoms with van der Waals surface area (Å²) in [6.07, 6.45) is 0. The van der Waals surface area contributed by atoms with E-state index in [4.69, 9.17) is 5.73 Å². The summed E-state index contributed by atoms with van der Waals surface area (Å²) in [4.78, 5) is 0.162. The van der Waals surface area contributed by atoms with Gasteiger partial charge in [-0.05, 0) is 36.8 Å². The van der Waals surface area contributed by atoms with Crippen LogP contribution in [0.1, 0.15) is 5.56 Å². The number of rotatable bonds is 3. The molecule has 94 valence electrons. The number of para-hydroxylation sites is 1. The lowest BCUT2D eigenvalue weighted by Gasteiger charge is -2.09. The van der Waals surface area contributed by atoms with Gasteiger partial charge in [-0.25, -0.2) is 8.42 Å². The molecule has 0 amide bonds. The second-order valence-corrected chi connectivity index (χ2v) is 5.67. The zero-order valence-corrected chi connectivity index (χ0v) is 10.7. The summed E-state index contributed by atoms with van der Waals surface area (Å²) in [6, 6.07) is 13.4. The molecule has 0 unspecified atom stereocenters. The van der Waals surface area contributed by atoms with Gasteiger partial charge in [0.15, 0.2) is 0 Å². The minimum atomic E-state index is -3.58. The Morgan fingerprint density at radius 3 is 2.33 bits per heavy atom. The van der Waals surface area contributed by atoms with Crippen LogP contribution >= 0.6 is 0 Å². The van der Waals surface area contributed by atoms with Gasteiger partial charge in [-0.15, -0.1) is 0 Å². The van der Waals surface area contributed by atoms with Crippen molar-refractivity contribution in [3.05, 3.63) is 54.1 Å². The number of sulfonamides is 1. The van der Waals surface area contributed by atoms with Crippen molar-refractivity contribution in [2.24, 2.45) is 0 Å². The lowest BCUT2D eigenvalue weighted by atomic mass is 10.2. The van der Waals surface area contributed by atoms with Gasteiger partial charge in [-0.2, -0.15) is 0 Å². The fourth-order valence-electron chi connectivity index (χ4n) is 1.51. The molecular formula is C13H14N2O2S. The minimum absolute atomic E-state index is 0.162. The molecule has 0 bridgehead atoms. The molecule has 0 aliphatic carbocycles. The Morgan fingerprint density at radius 2 is 1.72 bits per heavy atom. The molecule has 2 rings (SSSR count). The van der Waals surface area contributed by atoms with Gasteiger partial charge in [-0.1, -0.05) is 24.3 Å². The molecule has 0 heterocycles. The molecule has 18 heavy (non-hydrogen) atoms. The van der Waals surface area contributed by atoms with E-state index in [-0.39, 0.29) is 4.90 Å². The van der Waals surface area contributed by atoms with Crippen LogP contribution in [0.25, 0.3) is 0 Å². The SMILES string of the molecule is Cc1ccc(S(=O)(=O)Nc2ccccc2)cc1N. The summed E-state index contributed by atoms with van der Waals surface area (Å²) in [6.45, 7) is 1.83. The first-order valence-corrected chi connectivity index (χ1v) is 6.91. The lowest BCUT2D eigenvalue weighted by molar-refractivity contribution is 0.601. The van der Waals surface area contributed by atoms with Crippen LogP contribution < -0.4 is 10.5 Å². The molecule has 0 saturated carbocycles. The number of aryl methyl sites for hydroxylation is 1. The summed E-state index contributed by atoms with van der Waals surface area (Å²) in [5, 5.41) is 0. The van der Waals surface area contributed by atoms with Gasteiger partial charge >= 0.3 is 0 Å². The van der Waals surface area contributed by atoms with Gasteiger partial charge < -0.3 is 5.73 Å². The van der Waals surface area contributed by atoms with E-state index >= 15 is 0 Å². The number of hydrogen-bond donors (Lipinski definition) is 2. The Balaban J connectivity index is 2.34. The molecule has 2 aromatic carbocycles. The summed E-state index contributed by atoms with van der Waals surface area (Å²) < 4.78 is 26.7. The van der Waals surface area contributed by atoms with E-state index < -0.39 is 10.0 Å². The van der Waals surface area contributed by atoms with E-state index in [1.54, 1.807) is 30.3 Å². The maximum atomic E-state index is 12.1. The zero-order chi connectivity index (χ0) is 13.2. The Morgan fingerprint density at radius 1 is 1.06 bits per heavy atom. The van der Waals surface area contributed by atoms with Crippen LogP contribution in [0.3, 0.4) is 0 Å². The molecule has 4 nitrogen and oxygen atoms in total. The fourth-order valence-corrected chi connectivity index (χ4v) is 2.60. The van der Waals surface area contributed by atoms with Crippen molar-refractivity contribution in [3.8, 4) is 0 Å². The quantitative estimate of drug-likeness (QED) is 0.834. The average Bonchev–Trinajstić information content (AvgIpc) is 2.33. The van der Waals surface area contributed by atoms with E-state index in [0.717, 1.165) is 5.56 Å². The molecule has 0 aromatic heterocycles. The number of nitrogens with one attached hydrogen (secondary N) is 1. The molecule has 0 atom stereocenters. The van der Waals surface area contributed by atoms with E-state index in [1.165, 1.54) is 12.1 Å². The van der Waals surface area contributed by atoms with E-state index in [1.807, 2.05) is 13.0 Å². The van der Waals surface area contributed by atoms with Crippen molar-refractivity contribution in [2.75, 3.05) is 10.5 Å². The smallest absolute Gasteiger partial charge is 0.261 e. The van der Waals surface area contributed by atoms with E-state index in [0.29, 0.717) is 11.4 Å². The topological polar surface area (TPSA) is 72.2 Å².